The second-order valence-electron chi connectivity index (χ2n) is 5.18. The van der Waals surface area contributed by atoms with Crippen LogP contribution in [0.5, 0.6) is 0 Å². The maximum atomic E-state index is 9.50. The fraction of sp³-hybridized carbons (Fsp3) is 0.0526. The molecule has 0 fully saturated rings. The Morgan fingerprint density at radius 2 is 1.83 bits per heavy atom. The number of nitrogen functional groups attached to an aromatic ring is 1. The first-order valence-corrected chi connectivity index (χ1v) is 7.24. The summed E-state index contributed by atoms with van der Waals surface area (Å²) >= 11 is 0. The van der Waals surface area contributed by atoms with E-state index in [1.54, 1.807) is 12.3 Å². The average Bonchev–Trinajstić information content (AvgIpc) is 2.61. The van der Waals surface area contributed by atoms with Gasteiger partial charge in [-0.2, -0.15) is 5.26 Å². The van der Waals surface area contributed by atoms with E-state index in [0.717, 1.165) is 16.8 Å². The zero-order valence-electron chi connectivity index (χ0n) is 12.8. The van der Waals surface area contributed by atoms with Gasteiger partial charge in [-0.05, 0) is 35.4 Å². The lowest BCUT2D eigenvalue weighted by atomic mass is 9.99. The quantitative estimate of drug-likeness (QED) is 0.794. The summed E-state index contributed by atoms with van der Waals surface area (Å²) < 4.78 is 0. The Morgan fingerprint density at radius 3 is 2.52 bits per heavy atom. The van der Waals surface area contributed by atoms with Gasteiger partial charge in [0, 0.05) is 18.9 Å². The third-order valence-electron chi connectivity index (χ3n) is 3.73. The van der Waals surface area contributed by atoms with E-state index in [0.29, 0.717) is 17.1 Å². The van der Waals surface area contributed by atoms with Crippen molar-refractivity contribution in [2.75, 3.05) is 17.7 Å². The monoisotopic (exact) mass is 300 g/mol. The van der Waals surface area contributed by atoms with Crippen molar-refractivity contribution in [2.45, 2.75) is 0 Å². The smallest absolute Gasteiger partial charge is 0.155 e. The normalized spacial score (nSPS) is 10.1. The van der Waals surface area contributed by atoms with Gasteiger partial charge in [0.05, 0.1) is 17.3 Å². The van der Waals surface area contributed by atoms with Crippen LogP contribution in [0.1, 0.15) is 5.56 Å². The maximum Gasteiger partial charge on any atom is 0.155 e. The Bertz CT molecular complexity index is 866. The van der Waals surface area contributed by atoms with Crippen LogP contribution in [0, 0.1) is 11.3 Å². The number of nitriles is 1. The summed E-state index contributed by atoms with van der Waals surface area (Å²) in [6.45, 7) is 0. The van der Waals surface area contributed by atoms with Gasteiger partial charge in [0.15, 0.2) is 5.82 Å². The van der Waals surface area contributed by atoms with Crippen LogP contribution in [-0.4, -0.2) is 12.0 Å². The summed E-state index contributed by atoms with van der Waals surface area (Å²) in [7, 11) is 1.89. The van der Waals surface area contributed by atoms with E-state index in [1.165, 1.54) is 0 Å². The molecule has 0 aliphatic rings. The Labute approximate surface area is 135 Å². The lowest BCUT2D eigenvalue weighted by Crippen LogP contribution is -2.13. The number of aromatic nitrogens is 1. The van der Waals surface area contributed by atoms with E-state index in [4.69, 9.17) is 5.73 Å². The zero-order chi connectivity index (χ0) is 16.2. The first-order valence-electron chi connectivity index (χ1n) is 7.24. The van der Waals surface area contributed by atoms with Gasteiger partial charge in [-0.1, -0.05) is 36.4 Å². The number of rotatable bonds is 3. The van der Waals surface area contributed by atoms with E-state index >= 15 is 0 Å². The fourth-order valence-corrected chi connectivity index (χ4v) is 2.51. The molecule has 3 rings (SSSR count). The van der Waals surface area contributed by atoms with Gasteiger partial charge in [-0.25, -0.2) is 4.98 Å². The molecule has 0 bridgehead atoms. The maximum absolute atomic E-state index is 9.50. The SMILES string of the molecule is CN(c1ccc(-c2ccccc2)c(C#N)c1)c1ncccc1N. The van der Waals surface area contributed by atoms with Gasteiger partial charge in [0.1, 0.15) is 0 Å². The minimum atomic E-state index is 0.598. The summed E-state index contributed by atoms with van der Waals surface area (Å²) in [5.74, 6) is 0.670. The average molecular weight is 300 g/mol. The number of pyridine rings is 1. The number of hydrogen-bond acceptors (Lipinski definition) is 4. The second-order valence-corrected chi connectivity index (χ2v) is 5.18. The van der Waals surface area contributed by atoms with Crippen molar-refractivity contribution in [3.05, 3.63) is 72.4 Å². The van der Waals surface area contributed by atoms with E-state index in [2.05, 4.69) is 11.1 Å². The number of nitrogens with zero attached hydrogens (tertiary/aromatic N) is 3. The van der Waals surface area contributed by atoms with Crippen molar-refractivity contribution >= 4 is 17.2 Å². The molecule has 0 radical (unpaired) electrons. The number of benzene rings is 2. The predicted molar refractivity (Wildman–Crippen MR) is 93.3 cm³/mol. The van der Waals surface area contributed by atoms with Gasteiger partial charge in [-0.3, -0.25) is 0 Å². The van der Waals surface area contributed by atoms with Crippen LogP contribution >= 0.6 is 0 Å². The summed E-state index contributed by atoms with van der Waals surface area (Å²) in [5, 5.41) is 9.50. The molecule has 3 aromatic rings. The summed E-state index contributed by atoms with van der Waals surface area (Å²) in [5.41, 5.74) is 10.0. The highest BCUT2D eigenvalue weighted by atomic mass is 15.2. The van der Waals surface area contributed by atoms with Crippen molar-refractivity contribution in [1.82, 2.24) is 4.98 Å². The highest BCUT2D eigenvalue weighted by molar-refractivity contribution is 5.77. The van der Waals surface area contributed by atoms with Crippen LogP contribution in [0.25, 0.3) is 11.1 Å². The van der Waals surface area contributed by atoms with E-state index < -0.39 is 0 Å². The molecule has 23 heavy (non-hydrogen) atoms. The Kier molecular flexibility index (Phi) is 3.94. The van der Waals surface area contributed by atoms with Gasteiger partial charge in [0.25, 0.3) is 0 Å². The van der Waals surface area contributed by atoms with Crippen molar-refractivity contribution in [2.24, 2.45) is 0 Å². The van der Waals surface area contributed by atoms with Crippen LogP contribution in [0.2, 0.25) is 0 Å². The van der Waals surface area contributed by atoms with Crippen molar-refractivity contribution in [3.8, 4) is 17.2 Å². The predicted octanol–water partition coefficient (Wildman–Crippen LogP) is 3.97. The molecule has 0 unspecified atom stereocenters. The van der Waals surface area contributed by atoms with Crippen LogP contribution in [0.15, 0.2) is 66.9 Å². The minimum Gasteiger partial charge on any atom is -0.396 e. The number of anilines is 3. The highest BCUT2D eigenvalue weighted by Gasteiger charge is 2.12. The molecular formula is C19H16N4. The Morgan fingerprint density at radius 1 is 1.04 bits per heavy atom. The molecule has 2 N–H and O–H groups in total. The first kappa shape index (κ1) is 14.6. The molecule has 4 nitrogen and oxygen atoms in total. The summed E-state index contributed by atoms with van der Waals surface area (Å²) in [4.78, 5) is 6.19. The summed E-state index contributed by atoms with van der Waals surface area (Å²) in [6.07, 6.45) is 1.70. The molecule has 0 spiro atoms. The van der Waals surface area contributed by atoms with Gasteiger partial charge in [-0.15, -0.1) is 0 Å². The molecular weight excluding hydrogens is 284 g/mol. The molecule has 112 valence electrons. The van der Waals surface area contributed by atoms with Crippen LogP contribution in [-0.2, 0) is 0 Å². The topological polar surface area (TPSA) is 65.9 Å². The van der Waals surface area contributed by atoms with Gasteiger partial charge >= 0.3 is 0 Å². The molecule has 0 saturated heterocycles. The molecule has 0 aliphatic heterocycles. The van der Waals surface area contributed by atoms with Crippen LogP contribution in [0.3, 0.4) is 0 Å². The first-order chi connectivity index (χ1) is 11.2. The Hall–Kier alpha value is -3.32. The molecule has 0 aliphatic carbocycles. The number of hydrogen-bond donors (Lipinski definition) is 1. The largest absolute Gasteiger partial charge is 0.396 e. The van der Waals surface area contributed by atoms with Crippen LogP contribution < -0.4 is 10.6 Å². The zero-order valence-corrected chi connectivity index (χ0v) is 12.8. The highest BCUT2D eigenvalue weighted by Crippen LogP contribution is 2.31. The lowest BCUT2D eigenvalue weighted by Gasteiger charge is -2.20. The Balaban J connectivity index is 2.03. The van der Waals surface area contributed by atoms with E-state index in [9.17, 15) is 5.26 Å². The third kappa shape index (κ3) is 2.85. The van der Waals surface area contributed by atoms with Gasteiger partial charge < -0.3 is 10.6 Å². The third-order valence-corrected chi connectivity index (χ3v) is 3.73. The molecule has 2 aromatic carbocycles. The molecule has 4 heteroatoms. The van der Waals surface area contributed by atoms with Crippen molar-refractivity contribution in [3.63, 3.8) is 0 Å². The van der Waals surface area contributed by atoms with E-state index in [1.807, 2.05) is 66.5 Å². The molecule has 1 heterocycles. The molecule has 0 atom stereocenters. The fourth-order valence-electron chi connectivity index (χ4n) is 2.51. The van der Waals surface area contributed by atoms with Crippen molar-refractivity contribution < 1.29 is 0 Å². The van der Waals surface area contributed by atoms with E-state index in [-0.39, 0.29) is 0 Å². The van der Waals surface area contributed by atoms with Crippen LogP contribution in [0.4, 0.5) is 17.2 Å². The minimum absolute atomic E-state index is 0.598. The molecule has 0 saturated carbocycles. The number of nitrogens with two attached hydrogens (primary N) is 1. The van der Waals surface area contributed by atoms with Gasteiger partial charge in [0.2, 0.25) is 0 Å². The lowest BCUT2D eigenvalue weighted by molar-refractivity contribution is 1.13. The molecule has 1 aromatic heterocycles. The second kappa shape index (κ2) is 6.20. The van der Waals surface area contributed by atoms with Crippen molar-refractivity contribution in [1.29, 1.82) is 5.26 Å². The summed E-state index contributed by atoms with van der Waals surface area (Å²) in [6, 6.07) is 21.5. The standard InChI is InChI=1S/C19H16N4/c1-23(19-18(21)8-5-11-22-19)16-9-10-17(15(12-16)13-20)14-6-3-2-4-7-14/h2-12H,21H2,1H3. The molecule has 0 amide bonds.